The van der Waals surface area contributed by atoms with Crippen LogP contribution in [-0.4, -0.2) is 18.5 Å². The van der Waals surface area contributed by atoms with Gasteiger partial charge in [0, 0.05) is 11.3 Å². The van der Waals surface area contributed by atoms with Gasteiger partial charge in [-0.25, -0.2) is 0 Å². The van der Waals surface area contributed by atoms with E-state index in [9.17, 15) is 22.8 Å². The van der Waals surface area contributed by atoms with Gasteiger partial charge in [-0.2, -0.15) is 13.2 Å². The first-order valence-corrected chi connectivity index (χ1v) is 12.3. The molecule has 2 aliphatic rings. The van der Waals surface area contributed by atoms with Gasteiger partial charge in [0.05, 0.1) is 25.1 Å². The molecule has 1 atom stereocenters. The second-order valence-electron chi connectivity index (χ2n) is 9.27. The third-order valence-corrected chi connectivity index (χ3v) is 7.00. The van der Waals surface area contributed by atoms with Gasteiger partial charge in [0.25, 0.3) is 5.91 Å². The molecule has 0 unspecified atom stereocenters. The first kappa shape index (κ1) is 24.9. The molecule has 1 heterocycles. The molecule has 1 amide bonds. The summed E-state index contributed by atoms with van der Waals surface area (Å²) in [6, 6.07) is 15.9. The summed E-state index contributed by atoms with van der Waals surface area (Å²) in [4.78, 5) is 26.4. The number of rotatable bonds is 7. The Kier molecular flexibility index (Phi) is 6.67. The highest BCUT2D eigenvalue weighted by Gasteiger charge is 2.33. The Morgan fingerprint density at radius 1 is 1.08 bits per heavy atom. The summed E-state index contributed by atoms with van der Waals surface area (Å²) in [5, 5.41) is 0. The molecule has 5 nitrogen and oxygen atoms in total. The Labute approximate surface area is 212 Å². The van der Waals surface area contributed by atoms with Crippen LogP contribution in [-0.2, 0) is 35.3 Å². The minimum Gasteiger partial charge on any atom is -0.489 e. The molecule has 37 heavy (non-hydrogen) atoms. The van der Waals surface area contributed by atoms with E-state index in [1.807, 2.05) is 24.3 Å². The molecule has 0 saturated heterocycles. The molecular weight excluding hydrogens is 483 g/mol. The Hall–Kier alpha value is -3.81. The molecule has 0 bridgehead atoms. The number of aryl methyl sites for hydroxylation is 1. The summed E-state index contributed by atoms with van der Waals surface area (Å²) >= 11 is 0. The minimum atomic E-state index is -4.43. The Bertz CT molecular complexity index is 1330. The van der Waals surface area contributed by atoms with Gasteiger partial charge in [-0.3, -0.25) is 9.59 Å². The lowest BCUT2D eigenvalue weighted by atomic mass is 9.98. The summed E-state index contributed by atoms with van der Waals surface area (Å²) in [5.74, 6) is 0.431. The summed E-state index contributed by atoms with van der Waals surface area (Å²) in [5.41, 5.74) is 4.15. The fourth-order valence-electron chi connectivity index (χ4n) is 5.14. The highest BCUT2D eigenvalue weighted by Crippen LogP contribution is 2.38. The van der Waals surface area contributed by atoms with Crippen LogP contribution in [0.15, 0.2) is 60.7 Å². The van der Waals surface area contributed by atoms with Gasteiger partial charge in [-0.15, -0.1) is 0 Å². The third kappa shape index (κ3) is 5.05. The molecule has 8 heteroatoms. The van der Waals surface area contributed by atoms with Crippen molar-refractivity contribution in [2.24, 2.45) is 0 Å². The molecule has 0 spiro atoms. The van der Waals surface area contributed by atoms with Crippen molar-refractivity contribution >= 4 is 17.6 Å². The largest absolute Gasteiger partial charge is 0.489 e. The summed E-state index contributed by atoms with van der Waals surface area (Å²) in [7, 11) is 0. The van der Waals surface area contributed by atoms with Crippen LogP contribution in [0.1, 0.15) is 63.9 Å². The van der Waals surface area contributed by atoms with E-state index in [1.54, 1.807) is 19.1 Å². The van der Waals surface area contributed by atoms with E-state index in [1.165, 1.54) is 17.0 Å². The van der Waals surface area contributed by atoms with E-state index in [0.717, 1.165) is 47.2 Å². The van der Waals surface area contributed by atoms with Crippen molar-refractivity contribution in [2.45, 2.75) is 51.4 Å². The Morgan fingerprint density at radius 3 is 2.59 bits per heavy atom. The van der Waals surface area contributed by atoms with Crippen LogP contribution in [0.3, 0.4) is 0 Å². The highest BCUT2D eigenvalue weighted by atomic mass is 19.4. The van der Waals surface area contributed by atoms with Gasteiger partial charge in [-0.05, 0) is 90.4 Å². The number of hydrogen-bond acceptors (Lipinski definition) is 4. The number of carbonyl (C=O) groups is 2. The van der Waals surface area contributed by atoms with Crippen molar-refractivity contribution in [3.8, 4) is 5.75 Å². The number of nitrogens with zero attached hydrogens (tertiary/aromatic N) is 1. The van der Waals surface area contributed by atoms with Crippen molar-refractivity contribution in [1.29, 1.82) is 0 Å². The first-order chi connectivity index (χ1) is 17.7. The van der Waals surface area contributed by atoms with E-state index < -0.39 is 11.7 Å². The van der Waals surface area contributed by atoms with Crippen molar-refractivity contribution < 1.29 is 32.2 Å². The van der Waals surface area contributed by atoms with Gasteiger partial charge in [-0.1, -0.05) is 18.2 Å². The average Bonchev–Trinajstić information content (AvgIpc) is 3.43. The Morgan fingerprint density at radius 2 is 1.86 bits per heavy atom. The van der Waals surface area contributed by atoms with Crippen molar-refractivity contribution in [3.05, 3.63) is 94.0 Å². The molecule has 0 aromatic heterocycles. The maximum atomic E-state index is 13.0. The zero-order valence-corrected chi connectivity index (χ0v) is 20.3. The molecule has 0 fully saturated rings. The second-order valence-corrected chi connectivity index (χ2v) is 9.27. The van der Waals surface area contributed by atoms with E-state index in [2.05, 4.69) is 0 Å². The number of amides is 1. The van der Waals surface area contributed by atoms with Crippen LogP contribution in [0.25, 0.3) is 0 Å². The maximum absolute atomic E-state index is 13.0. The molecule has 5 rings (SSSR count). The number of ether oxygens (including phenoxy) is 2. The van der Waals surface area contributed by atoms with Crippen molar-refractivity contribution in [2.75, 3.05) is 11.5 Å². The second kappa shape index (κ2) is 9.92. The van der Waals surface area contributed by atoms with Crippen molar-refractivity contribution in [3.63, 3.8) is 0 Å². The molecule has 3 aromatic rings. The predicted molar refractivity (Wildman–Crippen MR) is 131 cm³/mol. The molecule has 0 saturated carbocycles. The van der Waals surface area contributed by atoms with Gasteiger partial charge in [0.15, 0.2) is 0 Å². The van der Waals surface area contributed by atoms with Gasteiger partial charge in [0.1, 0.15) is 12.4 Å². The lowest BCUT2D eigenvalue weighted by molar-refractivity contribution is -0.143. The first-order valence-electron chi connectivity index (χ1n) is 12.3. The standard InChI is InChI=1S/C29H26F3NO4/c1-2-36-27(34)15-19-7-6-18-14-23(12-13-24(18)19)37-17-20-4-3-5-25-26(20)16-33(28(25)35)22-10-8-21(9-11-22)29(30,31)32/h3-5,8-14,19H,2,6-7,15-17H2,1H3/t19-/m0/s1. The third-order valence-electron chi connectivity index (χ3n) is 7.00. The Balaban J connectivity index is 1.28. The smallest absolute Gasteiger partial charge is 0.416 e. The van der Waals surface area contributed by atoms with E-state index >= 15 is 0 Å². The molecule has 3 aromatic carbocycles. The molecule has 0 N–H and O–H groups in total. The van der Waals surface area contributed by atoms with Crippen LogP contribution >= 0.6 is 0 Å². The predicted octanol–water partition coefficient (Wildman–Crippen LogP) is 6.43. The highest BCUT2D eigenvalue weighted by molar-refractivity contribution is 6.10. The van der Waals surface area contributed by atoms with E-state index in [0.29, 0.717) is 30.0 Å². The van der Waals surface area contributed by atoms with Gasteiger partial charge >= 0.3 is 12.1 Å². The molecule has 192 valence electrons. The molecule has 1 aliphatic carbocycles. The zero-order chi connectivity index (χ0) is 26.2. The molecule has 0 radical (unpaired) electrons. The summed E-state index contributed by atoms with van der Waals surface area (Å²) in [6.07, 6.45) is -2.29. The van der Waals surface area contributed by atoms with Crippen molar-refractivity contribution in [1.82, 2.24) is 0 Å². The normalized spacial score (nSPS) is 16.5. The molecule has 1 aliphatic heterocycles. The quantitative estimate of drug-likeness (QED) is 0.345. The monoisotopic (exact) mass is 509 g/mol. The zero-order valence-electron chi connectivity index (χ0n) is 20.3. The number of fused-ring (bicyclic) bond motifs is 2. The van der Waals surface area contributed by atoms with Gasteiger partial charge in [0.2, 0.25) is 0 Å². The minimum absolute atomic E-state index is 0.155. The van der Waals surface area contributed by atoms with E-state index in [-0.39, 0.29) is 30.9 Å². The average molecular weight is 510 g/mol. The lowest BCUT2D eigenvalue weighted by Crippen LogP contribution is -2.23. The number of esters is 1. The number of halogens is 3. The van der Waals surface area contributed by atoms with E-state index in [4.69, 9.17) is 9.47 Å². The van der Waals surface area contributed by atoms with Crippen LogP contribution in [0.5, 0.6) is 5.75 Å². The molecular formula is C29H26F3NO4. The van der Waals surface area contributed by atoms with Gasteiger partial charge < -0.3 is 14.4 Å². The van der Waals surface area contributed by atoms with Crippen LogP contribution < -0.4 is 9.64 Å². The number of benzene rings is 3. The van der Waals surface area contributed by atoms with Crippen LogP contribution in [0.2, 0.25) is 0 Å². The number of hydrogen-bond donors (Lipinski definition) is 0. The SMILES string of the molecule is CCOC(=O)C[C@@H]1CCc2cc(OCc3cccc4c3CN(c3ccc(C(F)(F)F)cc3)C4=O)ccc21. The summed E-state index contributed by atoms with van der Waals surface area (Å²) in [6.45, 7) is 2.69. The maximum Gasteiger partial charge on any atom is 0.416 e. The number of anilines is 1. The fraction of sp³-hybridized carbons (Fsp3) is 0.310. The fourth-order valence-corrected chi connectivity index (χ4v) is 5.14. The number of alkyl halides is 3. The van der Waals surface area contributed by atoms with Crippen LogP contribution in [0, 0.1) is 0 Å². The topological polar surface area (TPSA) is 55.8 Å². The van der Waals surface area contributed by atoms with Crippen LogP contribution in [0.4, 0.5) is 18.9 Å². The summed E-state index contributed by atoms with van der Waals surface area (Å²) < 4.78 is 49.9. The number of carbonyl (C=O) groups excluding carboxylic acids is 2. The lowest BCUT2D eigenvalue weighted by Gasteiger charge is -2.17.